The Balaban J connectivity index is 0.000000187. The number of hydrogen-bond acceptors (Lipinski definition) is 0. The monoisotopic (exact) mass is 538 g/mol. The smallest absolute Gasteiger partial charge is 0.172 e. The maximum absolute atomic E-state index is 13.1. The molecule has 2 atom stereocenters. The van der Waals surface area contributed by atoms with Gasteiger partial charge in [0.2, 0.25) is 0 Å². The molecule has 4 aliphatic carbocycles. The van der Waals surface area contributed by atoms with Crippen molar-refractivity contribution in [2.24, 2.45) is 0 Å². The molecule has 2 unspecified atom stereocenters. The van der Waals surface area contributed by atoms with Crippen LogP contribution in [0.1, 0.15) is 24.9 Å². The molecule has 0 saturated heterocycles. The minimum atomic E-state index is -0.666. The maximum atomic E-state index is 13.1. The zero-order valence-electron chi connectivity index (χ0n) is 20.0. The Hall–Kier alpha value is -3.53. The van der Waals surface area contributed by atoms with Gasteiger partial charge in [0.25, 0.3) is 0 Å². The standard InChI is InChI=1S/2C10H7F2N.2C5H6.Ti/c2*11-8-3-4-10(9(12)7-8)13-5-1-2-6-13;2*1-2-4-5-3-1;/h2*1-6,10H;2*1-4H,5H2;. The van der Waals surface area contributed by atoms with Gasteiger partial charge in [-0.25, -0.2) is 0 Å². The fourth-order valence-electron chi connectivity index (χ4n) is 3.29. The number of allylic oxidation sites excluding steroid dienone is 14. The molecule has 0 aliphatic heterocycles. The molecule has 6 rings (SSSR count). The molecule has 0 spiro atoms. The van der Waals surface area contributed by atoms with Crippen LogP contribution in [-0.4, -0.2) is 9.13 Å². The van der Waals surface area contributed by atoms with Crippen LogP contribution in [0, 0.1) is 0 Å². The Morgan fingerprint density at radius 2 is 0.892 bits per heavy atom. The third-order valence-corrected chi connectivity index (χ3v) is 5.05. The van der Waals surface area contributed by atoms with E-state index < -0.39 is 35.4 Å². The number of hydrogen-bond donors (Lipinski definition) is 0. The summed E-state index contributed by atoms with van der Waals surface area (Å²) >= 11 is 0. The summed E-state index contributed by atoms with van der Waals surface area (Å²) in [5.74, 6) is -2.53. The zero-order valence-corrected chi connectivity index (χ0v) is 21.6. The third-order valence-electron chi connectivity index (χ3n) is 5.05. The molecule has 4 aliphatic rings. The van der Waals surface area contributed by atoms with Gasteiger partial charge in [-0.3, -0.25) is 0 Å². The van der Waals surface area contributed by atoms with E-state index in [-0.39, 0.29) is 21.7 Å². The summed E-state index contributed by atoms with van der Waals surface area (Å²) in [5, 5.41) is 0. The molecule has 2 aromatic rings. The molecule has 188 valence electrons. The summed E-state index contributed by atoms with van der Waals surface area (Å²) in [6.07, 6.45) is 31.2. The molecule has 0 bridgehead atoms. The van der Waals surface area contributed by atoms with Crippen molar-refractivity contribution >= 4 is 0 Å². The van der Waals surface area contributed by atoms with Crippen molar-refractivity contribution in [3.63, 3.8) is 0 Å². The molecule has 0 aromatic carbocycles. The second kappa shape index (κ2) is 16.3. The van der Waals surface area contributed by atoms with Gasteiger partial charge in [0.05, 0.1) is 0 Å². The molecule has 2 aromatic heterocycles. The van der Waals surface area contributed by atoms with Crippen molar-refractivity contribution in [2.75, 3.05) is 0 Å². The van der Waals surface area contributed by atoms with E-state index in [1.165, 1.54) is 24.3 Å². The second-order valence-corrected chi connectivity index (χ2v) is 7.69. The van der Waals surface area contributed by atoms with Crippen molar-refractivity contribution in [3.05, 3.63) is 157 Å². The van der Waals surface area contributed by atoms with E-state index in [1.807, 2.05) is 11.5 Å². The van der Waals surface area contributed by atoms with Gasteiger partial charge in [-0.05, 0) is 60.7 Å². The van der Waals surface area contributed by atoms with E-state index in [0.29, 0.717) is 0 Å². The number of nitrogens with zero attached hydrogens (tertiary/aromatic N) is 2. The second-order valence-electron chi connectivity index (χ2n) is 7.69. The molecular formula is C30H26F4N2Ti. The van der Waals surface area contributed by atoms with Gasteiger partial charge >= 0.3 is 0 Å². The molecular weight excluding hydrogens is 512 g/mol. The molecule has 2 nitrogen and oxygen atoms in total. The molecule has 7 heteroatoms. The Labute approximate surface area is 229 Å². The normalized spacial score (nSPS) is 19.7. The Bertz CT molecular complexity index is 1170. The quantitative estimate of drug-likeness (QED) is 0.206. The van der Waals surface area contributed by atoms with Gasteiger partial charge < -0.3 is 9.13 Å². The summed E-state index contributed by atoms with van der Waals surface area (Å²) in [4.78, 5) is 0. The largest absolute Gasteiger partial charge is 0.340 e. The summed E-state index contributed by atoms with van der Waals surface area (Å²) < 4.78 is 54.6. The summed E-state index contributed by atoms with van der Waals surface area (Å²) in [7, 11) is 0. The van der Waals surface area contributed by atoms with Gasteiger partial charge in [-0.1, -0.05) is 60.8 Å². The van der Waals surface area contributed by atoms with Crippen LogP contribution >= 0.6 is 0 Å². The van der Waals surface area contributed by atoms with E-state index >= 15 is 0 Å². The van der Waals surface area contributed by atoms with Crippen LogP contribution < -0.4 is 0 Å². The average Bonchev–Trinajstić information content (AvgIpc) is 3.69. The van der Waals surface area contributed by atoms with Crippen molar-refractivity contribution in [1.29, 1.82) is 0 Å². The molecule has 0 N–H and O–H groups in total. The summed E-state index contributed by atoms with van der Waals surface area (Å²) in [6, 6.07) is 6.06. The number of rotatable bonds is 2. The predicted molar refractivity (Wildman–Crippen MR) is 137 cm³/mol. The molecule has 37 heavy (non-hydrogen) atoms. The van der Waals surface area contributed by atoms with Crippen molar-refractivity contribution < 1.29 is 39.3 Å². The summed E-state index contributed by atoms with van der Waals surface area (Å²) in [6.45, 7) is 0. The summed E-state index contributed by atoms with van der Waals surface area (Å²) in [5.41, 5.74) is 4.02. The van der Waals surface area contributed by atoms with E-state index in [0.717, 1.165) is 12.8 Å². The Morgan fingerprint density at radius 1 is 0.568 bits per heavy atom. The first-order valence-corrected chi connectivity index (χ1v) is 11.4. The van der Waals surface area contributed by atoms with E-state index in [1.54, 1.807) is 58.2 Å². The van der Waals surface area contributed by atoms with E-state index in [4.69, 9.17) is 0 Å². The van der Waals surface area contributed by atoms with Gasteiger partial charge in [0, 0.05) is 46.5 Å². The molecule has 0 amide bonds. The fraction of sp³-hybridized carbons (Fsp3) is 0.133. The van der Waals surface area contributed by atoms with Crippen LogP contribution in [0.2, 0.25) is 0 Å². The third kappa shape index (κ3) is 10.2. The van der Waals surface area contributed by atoms with Crippen LogP contribution in [0.5, 0.6) is 0 Å². The van der Waals surface area contributed by atoms with Crippen LogP contribution in [0.15, 0.2) is 157 Å². The van der Waals surface area contributed by atoms with Gasteiger partial charge in [-0.15, -0.1) is 0 Å². The SMILES string of the molecule is C1=CCC=C1.C1=CCC=C1.FC1=C=C(F)C(n2cccc2)C=C1.FC1=C=C(F)C(n2cccc2)C=C1.[Ti]. The zero-order chi connectivity index (χ0) is 25.6. The van der Waals surface area contributed by atoms with Crippen LogP contribution in [0.3, 0.4) is 0 Å². The minimum absolute atomic E-state index is 0. The van der Waals surface area contributed by atoms with Crippen molar-refractivity contribution in [2.45, 2.75) is 24.9 Å². The van der Waals surface area contributed by atoms with Gasteiger partial charge in [0.1, 0.15) is 12.1 Å². The van der Waals surface area contributed by atoms with E-state index in [2.05, 4.69) is 48.6 Å². The van der Waals surface area contributed by atoms with Crippen LogP contribution in [-0.2, 0) is 21.7 Å². The Kier molecular flexibility index (Phi) is 13.1. The predicted octanol–water partition coefficient (Wildman–Crippen LogP) is 8.81. The molecule has 0 fully saturated rings. The van der Waals surface area contributed by atoms with Gasteiger partial charge in [0.15, 0.2) is 23.3 Å². The van der Waals surface area contributed by atoms with Crippen LogP contribution in [0.25, 0.3) is 0 Å². The molecule has 0 radical (unpaired) electrons. The maximum Gasteiger partial charge on any atom is 0.172 e. The average molecular weight is 538 g/mol. The van der Waals surface area contributed by atoms with Crippen molar-refractivity contribution in [3.8, 4) is 0 Å². The Morgan fingerprint density at radius 3 is 1.14 bits per heavy atom. The molecule has 2 heterocycles. The first-order chi connectivity index (χ1) is 17.5. The topological polar surface area (TPSA) is 9.86 Å². The van der Waals surface area contributed by atoms with Gasteiger partial charge in [-0.2, -0.15) is 17.6 Å². The van der Waals surface area contributed by atoms with Crippen LogP contribution in [0.4, 0.5) is 17.6 Å². The van der Waals surface area contributed by atoms with Crippen molar-refractivity contribution in [1.82, 2.24) is 9.13 Å². The first-order valence-electron chi connectivity index (χ1n) is 11.4. The molecule has 0 saturated carbocycles. The number of halogens is 4. The first kappa shape index (κ1) is 29.7. The fourth-order valence-corrected chi connectivity index (χ4v) is 3.29. The number of aromatic nitrogens is 2. The van der Waals surface area contributed by atoms with E-state index in [9.17, 15) is 17.6 Å². The minimum Gasteiger partial charge on any atom is -0.340 e.